The second-order valence-corrected chi connectivity index (χ2v) is 8.34. The molecule has 0 heterocycles. The molecule has 0 saturated carbocycles. The molecule has 0 N–H and O–H groups in total. The van der Waals surface area contributed by atoms with Crippen molar-refractivity contribution >= 4 is 11.9 Å². The molecule has 0 unspecified atom stereocenters. The van der Waals surface area contributed by atoms with Gasteiger partial charge in [-0.3, -0.25) is 9.59 Å². The first-order chi connectivity index (χ1) is 14.2. The second-order valence-electron chi connectivity index (χ2n) is 8.34. The van der Waals surface area contributed by atoms with Crippen LogP contribution in [0.1, 0.15) is 142 Å². The van der Waals surface area contributed by atoms with Gasteiger partial charge in [-0.15, -0.1) is 0 Å². The van der Waals surface area contributed by atoms with Crippen LogP contribution in [-0.4, -0.2) is 11.9 Å². The maximum atomic E-state index is 11.7. The fourth-order valence-corrected chi connectivity index (χ4v) is 3.44. The van der Waals surface area contributed by atoms with Crippen molar-refractivity contribution in [1.82, 2.24) is 0 Å². The van der Waals surface area contributed by atoms with Crippen LogP contribution in [0, 0.1) is 0 Å². The minimum Gasteiger partial charge on any atom is -0.393 e. The van der Waals surface area contributed by atoms with Crippen LogP contribution in [0.15, 0.2) is 12.2 Å². The highest BCUT2D eigenvalue weighted by Crippen LogP contribution is 2.11. The van der Waals surface area contributed by atoms with E-state index in [-0.39, 0.29) is 11.9 Å². The molecule has 0 saturated heterocycles. The van der Waals surface area contributed by atoms with Gasteiger partial charge in [0, 0.05) is 12.8 Å². The normalized spacial score (nSPS) is 11.2. The lowest BCUT2D eigenvalue weighted by Gasteiger charge is -2.03. The van der Waals surface area contributed by atoms with E-state index in [1.807, 2.05) is 0 Å². The topological polar surface area (TPSA) is 43.4 Å². The summed E-state index contributed by atoms with van der Waals surface area (Å²) in [7, 11) is 0. The summed E-state index contributed by atoms with van der Waals surface area (Å²) in [4.78, 5) is 23.3. The van der Waals surface area contributed by atoms with Gasteiger partial charge in [0.15, 0.2) is 0 Å². The van der Waals surface area contributed by atoms with E-state index >= 15 is 0 Å². The molecule has 0 spiro atoms. The molecule has 3 heteroatoms. The van der Waals surface area contributed by atoms with E-state index in [1.54, 1.807) is 0 Å². The number of ether oxygens (including phenoxy) is 1. The number of carbonyl (C=O) groups excluding carboxylic acids is 2. The average Bonchev–Trinajstić information content (AvgIpc) is 2.70. The standard InChI is InChI=1S/C26H48O3/c1-3-5-7-9-10-11-12-13-14-15-16-17-18-20-22-24-26(28)29-25(27)23-21-19-8-6-4-2/h13-14H,3-12,15-24H2,1-2H3/b14-13-. The minimum atomic E-state index is -0.348. The van der Waals surface area contributed by atoms with Gasteiger partial charge in [-0.05, 0) is 38.5 Å². The second kappa shape index (κ2) is 23.2. The molecule has 0 amide bonds. The van der Waals surface area contributed by atoms with Crippen molar-refractivity contribution in [3.8, 4) is 0 Å². The van der Waals surface area contributed by atoms with E-state index in [4.69, 9.17) is 4.74 Å². The molecule has 0 aromatic rings. The van der Waals surface area contributed by atoms with Crippen LogP contribution in [0.2, 0.25) is 0 Å². The molecule has 0 aliphatic carbocycles. The number of esters is 2. The maximum Gasteiger partial charge on any atom is 0.313 e. The van der Waals surface area contributed by atoms with Crippen molar-refractivity contribution in [1.29, 1.82) is 0 Å². The monoisotopic (exact) mass is 408 g/mol. The molecule has 170 valence electrons. The fourth-order valence-electron chi connectivity index (χ4n) is 3.44. The number of rotatable bonds is 21. The van der Waals surface area contributed by atoms with Crippen molar-refractivity contribution in [2.45, 2.75) is 142 Å². The third-order valence-corrected chi connectivity index (χ3v) is 5.35. The van der Waals surface area contributed by atoms with Gasteiger partial charge < -0.3 is 4.74 Å². The van der Waals surface area contributed by atoms with E-state index in [0.29, 0.717) is 12.8 Å². The average molecular weight is 409 g/mol. The summed E-state index contributed by atoms with van der Waals surface area (Å²) in [6, 6.07) is 0. The van der Waals surface area contributed by atoms with Crippen LogP contribution in [0.5, 0.6) is 0 Å². The van der Waals surface area contributed by atoms with Gasteiger partial charge in [0.1, 0.15) is 0 Å². The Morgan fingerprint density at radius 1 is 0.517 bits per heavy atom. The zero-order valence-electron chi connectivity index (χ0n) is 19.5. The first-order valence-corrected chi connectivity index (χ1v) is 12.6. The van der Waals surface area contributed by atoms with Gasteiger partial charge in [0.05, 0.1) is 0 Å². The van der Waals surface area contributed by atoms with E-state index < -0.39 is 0 Å². The summed E-state index contributed by atoms with van der Waals surface area (Å²) in [6.45, 7) is 4.43. The van der Waals surface area contributed by atoms with Gasteiger partial charge in [-0.25, -0.2) is 0 Å². The maximum absolute atomic E-state index is 11.7. The Kier molecular flexibility index (Phi) is 22.3. The summed E-state index contributed by atoms with van der Waals surface area (Å²) in [6.07, 6.45) is 26.9. The first kappa shape index (κ1) is 27.9. The lowest BCUT2D eigenvalue weighted by molar-refractivity contribution is -0.159. The third-order valence-electron chi connectivity index (χ3n) is 5.35. The largest absolute Gasteiger partial charge is 0.393 e. The number of hydrogen-bond donors (Lipinski definition) is 0. The molecule has 0 aliphatic heterocycles. The van der Waals surface area contributed by atoms with Gasteiger partial charge >= 0.3 is 11.9 Å². The lowest BCUT2D eigenvalue weighted by Crippen LogP contribution is -2.11. The van der Waals surface area contributed by atoms with Gasteiger partial charge in [-0.2, -0.15) is 0 Å². The highest BCUT2D eigenvalue weighted by Gasteiger charge is 2.09. The Balaban J connectivity index is 3.33. The number of carbonyl (C=O) groups is 2. The SMILES string of the molecule is CCCCCCCC/C=C\CCCCCCCC(=O)OC(=O)CCCCCCC. The van der Waals surface area contributed by atoms with Crippen molar-refractivity contribution in [3.63, 3.8) is 0 Å². The van der Waals surface area contributed by atoms with Crippen molar-refractivity contribution < 1.29 is 14.3 Å². The molecule has 0 bridgehead atoms. The summed E-state index contributed by atoms with van der Waals surface area (Å²) < 4.78 is 4.89. The summed E-state index contributed by atoms with van der Waals surface area (Å²) in [5.41, 5.74) is 0. The molecular formula is C26H48O3. The highest BCUT2D eigenvalue weighted by atomic mass is 16.6. The molecule has 3 nitrogen and oxygen atoms in total. The summed E-state index contributed by atoms with van der Waals surface area (Å²) in [5.74, 6) is -0.694. The van der Waals surface area contributed by atoms with Gasteiger partial charge in [-0.1, -0.05) is 103 Å². The molecule has 0 radical (unpaired) electrons. The van der Waals surface area contributed by atoms with Crippen molar-refractivity contribution in [2.24, 2.45) is 0 Å². The Hall–Kier alpha value is -1.12. The molecule has 0 aliphatic rings. The molecule has 0 atom stereocenters. The van der Waals surface area contributed by atoms with Crippen LogP contribution in [0.4, 0.5) is 0 Å². The van der Waals surface area contributed by atoms with Crippen LogP contribution < -0.4 is 0 Å². The molecule has 0 fully saturated rings. The summed E-state index contributed by atoms with van der Waals surface area (Å²) in [5, 5.41) is 0. The Morgan fingerprint density at radius 2 is 0.862 bits per heavy atom. The van der Waals surface area contributed by atoms with Crippen molar-refractivity contribution in [3.05, 3.63) is 12.2 Å². The fraction of sp³-hybridized carbons (Fsp3) is 0.846. The molecule has 29 heavy (non-hydrogen) atoms. The lowest BCUT2D eigenvalue weighted by atomic mass is 10.1. The Labute approximate surface area is 181 Å². The number of hydrogen-bond acceptors (Lipinski definition) is 3. The van der Waals surface area contributed by atoms with Crippen molar-refractivity contribution in [2.75, 3.05) is 0 Å². The van der Waals surface area contributed by atoms with Gasteiger partial charge in [0.25, 0.3) is 0 Å². The van der Waals surface area contributed by atoms with Crippen LogP contribution in [-0.2, 0) is 14.3 Å². The van der Waals surface area contributed by atoms with E-state index in [2.05, 4.69) is 26.0 Å². The number of unbranched alkanes of at least 4 members (excludes halogenated alkanes) is 15. The van der Waals surface area contributed by atoms with E-state index in [9.17, 15) is 9.59 Å². The van der Waals surface area contributed by atoms with E-state index in [1.165, 1.54) is 77.0 Å². The quantitative estimate of drug-likeness (QED) is 0.0828. The van der Waals surface area contributed by atoms with Gasteiger partial charge in [0.2, 0.25) is 0 Å². The number of allylic oxidation sites excluding steroid dienone is 2. The smallest absolute Gasteiger partial charge is 0.313 e. The zero-order chi connectivity index (χ0) is 21.4. The summed E-state index contributed by atoms with van der Waals surface area (Å²) >= 11 is 0. The molecule has 0 rings (SSSR count). The molecular weight excluding hydrogens is 360 g/mol. The zero-order valence-corrected chi connectivity index (χ0v) is 19.5. The first-order valence-electron chi connectivity index (χ1n) is 12.6. The van der Waals surface area contributed by atoms with E-state index in [0.717, 1.165) is 38.5 Å². The Bertz CT molecular complexity index is 401. The van der Waals surface area contributed by atoms with Crippen LogP contribution >= 0.6 is 0 Å². The predicted molar refractivity (Wildman–Crippen MR) is 124 cm³/mol. The minimum absolute atomic E-state index is 0.346. The third kappa shape index (κ3) is 23.0. The van der Waals surface area contributed by atoms with Crippen LogP contribution in [0.3, 0.4) is 0 Å². The molecule has 0 aromatic heterocycles. The molecule has 0 aromatic carbocycles. The highest BCUT2D eigenvalue weighted by molar-refractivity contribution is 5.85. The predicted octanol–water partition coefficient (Wildman–Crippen LogP) is 8.45. The Morgan fingerprint density at radius 3 is 1.28 bits per heavy atom. The van der Waals surface area contributed by atoms with Crippen LogP contribution in [0.25, 0.3) is 0 Å².